The van der Waals surface area contributed by atoms with Crippen LogP contribution in [0.25, 0.3) is 11.0 Å². The predicted molar refractivity (Wildman–Crippen MR) is 70.3 cm³/mol. The molecule has 1 aromatic carbocycles. The molecule has 2 unspecified atom stereocenters. The quantitative estimate of drug-likeness (QED) is 0.749. The van der Waals surface area contributed by atoms with Gasteiger partial charge in [-0.25, -0.2) is 4.98 Å². The van der Waals surface area contributed by atoms with Crippen LogP contribution in [0.3, 0.4) is 0 Å². The van der Waals surface area contributed by atoms with Crippen molar-refractivity contribution in [2.75, 3.05) is 11.9 Å². The first-order chi connectivity index (χ1) is 8.74. The van der Waals surface area contributed by atoms with Crippen LogP contribution in [0.4, 0.5) is 5.95 Å². The largest absolute Gasteiger partial charge is 0.324 e. The van der Waals surface area contributed by atoms with Gasteiger partial charge in [-0.15, -0.1) is 0 Å². The highest BCUT2D eigenvalue weighted by Crippen LogP contribution is 2.17. The number of fused-ring (bicyclic) bond motifs is 1. The molecular weight excluding hydrogens is 228 g/mol. The molecular formula is C13H16N4O. The van der Waals surface area contributed by atoms with Gasteiger partial charge in [-0.2, -0.15) is 0 Å². The van der Waals surface area contributed by atoms with Crippen LogP contribution in [0.5, 0.6) is 0 Å². The number of anilines is 1. The maximum absolute atomic E-state index is 12.1. The van der Waals surface area contributed by atoms with Crippen LogP contribution in [0.15, 0.2) is 24.3 Å². The van der Waals surface area contributed by atoms with Crippen LogP contribution in [0.2, 0.25) is 0 Å². The molecule has 2 aromatic rings. The lowest BCUT2D eigenvalue weighted by molar-refractivity contribution is -0.118. The third-order valence-corrected chi connectivity index (χ3v) is 3.45. The summed E-state index contributed by atoms with van der Waals surface area (Å²) in [4.78, 5) is 19.5. The molecule has 1 aliphatic rings. The SMILES string of the molecule is CC1CCNC1C(=O)Nc1nc2ccccc2[nH]1. The van der Waals surface area contributed by atoms with Gasteiger partial charge in [0.1, 0.15) is 0 Å². The van der Waals surface area contributed by atoms with Gasteiger partial charge in [0, 0.05) is 0 Å². The number of nitrogens with one attached hydrogen (secondary N) is 3. The zero-order valence-corrected chi connectivity index (χ0v) is 10.2. The molecule has 18 heavy (non-hydrogen) atoms. The van der Waals surface area contributed by atoms with Crippen LogP contribution in [0.1, 0.15) is 13.3 Å². The van der Waals surface area contributed by atoms with Crippen LogP contribution >= 0.6 is 0 Å². The summed E-state index contributed by atoms with van der Waals surface area (Å²) < 4.78 is 0. The van der Waals surface area contributed by atoms with E-state index >= 15 is 0 Å². The van der Waals surface area contributed by atoms with E-state index in [4.69, 9.17) is 0 Å². The molecule has 5 nitrogen and oxygen atoms in total. The number of amides is 1. The second kappa shape index (κ2) is 4.42. The number of carbonyl (C=O) groups excluding carboxylic acids is 1. The van der Waals surface area contributed by atoms with Crippen molar-refractivity contribution in [1.29, 1.82) is 0 Å². The molecule has 1 aromatic heterocycles. The van der Waals surface area contributed by atoms with E-state index in [0.717, 1.165) is 24.0 Å². The number of para-hydroxylation sites is 2. The lowest BCUT2D eigenvalue weighted by Crippen LogP contribution is -2.39. The molecule has 0 radical (unpaired) electrons. The van der Waals surface area contributed by atoms with Gasteiger partial charge in [0.15, 0.2) is 0 Å². The van der Waals surface area contributed by atoms with Gasteiger partial charge in [0.2, 0.25) is 11.9 Å². The highest BCUT2D eigenvalue weighted by Gasteiger charge is 2.29. The van der Waals surface area contributed by atoms with Crippen molar-refractivity contribution in [3.63, 3.8) is 0 Å². The molecule has 0 bridgehead atoms. The monoisotopic (exact) mass is 244 g/mol. The Morgan fingerprint density at radius 2 is 2.28 bits per heavy atom. The van der Waals surface area contributed by atoms with Crippen molar-refractivity contribution < 1.29 is 4.79 Å². The van der Waals surface area contributed by atoms with Crippen LogP contribution < -0.4 is 10.6 Å². The molecule has 1 amide bonds. The van der Waals surface area contributed by atoms with Gasteiger partial charge in [-0.3, -0.25) is 10.1 Å². The lowest BCUT2D eigenvalue weighted by Gasteiger charge is -2.13. The minimum Gasteiger partial charge on any atom is -0.324 e. The summed E-state index contributed by atoms with van der Waals surface area (Å²) >= 11 is 0. The summed E-state index contributed by atoms with van der Waals surface area (Å²) in [6.07, 6.45) is 1.04. The highest BCUT2D eigenvalue weighted by atomic mass is 16.2. The van der Waals surface area contributed by atoms with Gasteiger partial charge in [0.05, 0.1) is 17.1 Å². The van der Waals surface area contributed by atoms with E-state index in [-0.39, 0.29) is 11.9 Å². The second-order valence-electron chi connectivity index (χ2n) is 4.79. The van der Waals surface area contributed by atoms with E-state index in [0.29, 0.717) is 11.9 Å². The lowest BCUT2D eigenvalue weighted by atomic mass is 10.0. The van der Waals surface area contributed by atoms with E-state index in [1.54, 1.807) is 0 Å². The third-order valence-electron chi connectivity index (χ3n) is 3.45. The fourth-order valence-electron chi connectivity index (χ4n) is 2.39. The average Bonchev–Trinajstić information content (AvgIpc) is 2.94. The first-order valence-electron chi connectivity index (χ1n) is 6.23. The number of aromatic nitrogens is 2. The molecule has 94 valence electrons. The molecule has 3 N–H and O–H groups in total. The maximum Gasteiger partial charge on any atom is 0.244 e. The van der Waals surface area contributed by atoms with E-state index < -0.39 is 0 Å². The number of rotatable bonds is 2. The maximum atomic E-state index is 12.1. The fraction of sp³-hybridized carbons (Fsp3) is 0.385. The highest BCUT2D eigenvalue weighted by molar-refractivity contribution is 5.95. The first-order valence-corrected chi connectivity index (χ1v) is 6.23. The minimum absolute atomic E-state index is 0.0148. The Bertz CT molecular complexity index is 544. The van der Waals surface area contributed by atoms with Gasteiger partial charge < -0.3 is 10.3 Å². The molecule has 0 spiro atoms. The zero-order chi connectivity index (χ0) is 12.5. The Morgan fingerprint density at radius 1 is 1.44 bits per heavy atom. The van der Waals surface area contributed by atoms with E-state index in [9.17, 15) is 4.79 Å². The summed E-state index contributed by atoms with van der Waals surface area (Å²) in [5.41, 5.74) is 1.79. The Labute approximate surface area is 105 Å². The van der Waals surface area contributed by atoms with Gasteiger partial charge >= 0.3 is 0 Å². The normalized spacial score (nSPS) is 23.4. The van der Waals surface area contributed by atoms with Gasteiger partial charge in [-0.1, -0.05) is 19.1 Å². The first kappa shape index (κ1) is 11.2. The van der Waals surface area contributed by atoms with Crippen molar-refractivity contribution in [2.24, 2.45) is 5.92 Å². The Hall–Kier alpha value is -1.88. The van der Waals surface area contributed by atoms with E-state index in [1.807, 2.05) is 24.3 Å². The molecule has 2 atom stereocenters. The van der Waals surface area contributed by atoms with Crippen LogP contribution in [-0.2, 0) is 4.79 Å². The van der Waals surface area contributed by atoms with Gasteiger partial charge in [0.25, 0.3) is 0 Å². The molecule has 0 aliphatic carbocycles. The molecule has 1 aliphatic heterocycles. The molecule has 2 heterocycles. The minimum atomic E-state index is -0.113. The Balaban J connectivity index is 1.77. The van der Waals surface area contributed by atoms with Crippen molar-refractivity contribution in [3.8, 4) is 0 Å². The van der Waals surface area contributed by atoms with Crippen LogP contribution in [-0.4, -0.2) is 28.5 Å². The average molecular weight is 244 g/mol. The number of imidazole rings is 1. The van der Waals surface area contributed by atoms with Gasteiger partial charge in [-0.05, 0) is 31.0 Å². The number of benzene rings is 1. The third kappa shape index (κ3) is 1.97. The molecule has 5 heteroatoms. The molecule has 1 saturated heterocycles. The van der Waals surface area contributed by atoms with Crippen molar-refractivity contribution in [3.05, 3.63) is 24.3 Å². The molecule has 3 rings (SSSR count). The summed E-state index contributed by atoms with van der Waals surface area (Å²) in [7, 11) is 0. The summed E-state index contributed by atoms with van der Waals surface area (Å²) in [5, 5.41) is 6.04. The van der Waals surface area contributed by atoms with E-state index in [1.165, 1.54) is 0 Å². The predicted octanol–water partition coefficient (Wildman–Crippen LogP) is 1.50. The van der Waals surface area contributed by atoms with Crippen molar-refractivity contribution in [2.45, 2.75) is 19.4 Å². The summed E-state index contributed by atoms with van der Waals surface area (Å²) in [6.45, 7) is 2.99. The number of aromatic amines is 1. The molecule has 1 fully saturated rings. The number of hydrogen-bond acceptors (Lipinski definition) is 3. The number of nitrogens with zero attached hydrogens (tertiary/aromatic N) is 1. The number of carbonyl (C=O) groups is 1. The van der Waals surface area contributed by atoms with Crippen molar-refractivity contribution >= 4 is 22.9 Å². The Morgan fingerprint density at radius 3 is 3.00 bits per heavy atom. The summed E-state index contributed by atoms with van der Waals surface area (Å²) in [6, 6.07) is 7.60. The van der Waals surface area contributed by atoms with Crippen LogP contribution in [0, 0.1) is 5.92 Å². The zero-order valence-electron chi connectivity index (χ0n) is 10.2. The smallest absolute Gasteiger partial charge is 0.244 e. The standard InChI is InChI=1S/C13H16N4O/c1-8-6-7-14-11(8)12(18)17-13-15-9-4-2-3-5-10(9)16-13/h2-5,8,11,14H,6-7H2,1H3,(H2,15,16,17,18). The number of H-pyrrole nitrogens is 1. The molecule has 0 saturated carbocycles. The Kier molecular flexibility index (Phi) is 2.76. The second-order valence-corrected chi connectivity index (χ2v) is 4.79. The fourth-order valence-corrected chi connectivity index (χ4v) is 2.39. The van der Waals surface area contributed by atoms with E-state index in [2.05, 4.69) is 27.5 Å². The topological polar surface area (TPSA) is 69.8 Å². The van der Waals surface area contributed by atoms with Crippen molar-refractivity contribution in [1.82, 2.24) is 15.3 Å². The number of hydrogen-bond donors (Lipinski definition) is 3. The summed E-state index contributed by atoms with van der Waals surface area (Å²) in [5.74, 6) is 0.871.